The average molecular weight is 288 g/mol. The SMILES string of the molecule is C[C@H](O)CN1CCN(C(=O)c2ccc3nc[nH]c3c2)CC1. The number of H-pyrrole nitrogens is 1. The van der Waals surface area contributed by atoms with Crippen LogP contribution in [-0.2, 0) is 0 Å². The highest BCUT2D eigenvalue weighted by Crippen LogP contribution is 2.14. The molecule has 2 heterocycles. The third-order valence-corrected chi connectivity index (χ3v) is 3.85. The molecule has 21 heavy (non-hydrogen) atoms. The summed E-state index contributed by atoms with van der Waals surface area (Å²) in [7, 11) is 0. The van der Waals surface area contributed by atoms with E-state index in [0.29, 0.717) is 25.2 Å². The van der Waals surface area contributed by atoms with Crippen molar-refractivity contribution in [3.63, 3.8) is 0 Å². The molecule has 2 aromatic rings. The van der Waals surface area contributed by atoms with E-state index in [1.165, 1.54) is 0 Å². The van der Waals surface area contributed by atoms with Crippen LogP contribution in [0.1, 0.15) is 17.3 Å². The molecule has 0 aliphatic carbocycles. The number of nitrogens with one attached hydrogen (secondary N) is 1. The summed E-state index contributed by atoms with van der Waals surface area (Å²) in [5.41, 5.74) is 2.44. The Kier molecular flexibility index (Phi) is 3.90. The molecule has 0 bridgehead atoms. The number of amides is 1. The zero-order valence-electron chi connectivity index (χ0n) is 12.1. The number of β-amino-alcohol motifs (C(OH)–C–C–N with tert-alkyl or cyclic N) is 1. The molecule has 1 aliphatic heterocycles. The first-order valence-corrected chi connectivity index (χ1v) is 7.26. The van der Waals surface area contributed by atoms with Crippen LogP contribution in [0.4, 0.5) is 0 Å². The number of hydrogen-bond acceptors (Lipinski definition) is 4. The van der Waals surface area contributed by atoms with Crippen molar-refractivity contribution in [2.24, 2.45) is 0 Å². The van der Waals surface area contributed by atoms with Gasteiger partial charge in [0.05, 0.1) is 23.5 Å². The number of rotatable bonds is 3. The Balaban J connectivity index is 1.66. The maximum absolute atomic E-state index is 12.5. The van der Waals surface area contributed by atoms with Crippen LogP contribution in [0, 0.1) is 0 Å². The summed E-state index contributed by atoms with van der Waals surface area (Å²) in [6.45, 7) is 5.48. The smallest absolute Gasteiger partial charge is 0.254 e. The molecule has 0 spiro atoms. The van der Waals surface area contributed by atoms with Gasteiger partial charge in [0.2, 0.25) is 0 Å². The van der Waals surface area contributed by atoms with Crippen molar-refractivity contribution in [3.05, 3.63) is 30.1 Å². The molecule has 6 heteroatoms. The molecule has 3 rings (SSSR count). The van der Waals surface area contributed by atoms with Gasteiger partial charge >= 0.3 is 0 Å². The van der Waals surface area contributed by atoms with Crippen molar-refractivity contribution < 1.29 is 9.90 Å². The minimum atomic E-state index is -0.324. The fourth-order valence-corrected chi connectivity index (χ4v) is 2.76. The number of carbonyl (C=O) groups excluding carboxylic acids is 1. The van der Waals surface area contributed by atoms with E-state index in [2.05, 4.69) is 14.9 Å². The summed E-state index contributed by atoms with van der Waals surface area (Å²) in [5, 5.41) is 9.41. The third kappa shape index (κ3) is 3.06. The van der Waals surface area contributed by atoms with Gasteiger partial charge in [-0.3, -0.25) is 9.69 Å². The lowest BCUT2D eigenvalue weighted by atomic mass is 10.1. The first-order chi connectivity index (χ1) is 10.1. The van der Waals surface area contributed by atoms with Crippen LogP contribution in [0.15, 0.2) is 24.5 Å². The van der Waals surface area contributed by atoms with Gasteiger partial charge in [0.15, 0.2) is 0 Å². The lowest BCUT2D eigenvalue weighted by molar-refractivity contribution is 0.0554. The molecule has 1 fully saturated rings. The molecule has 2 N–H and O–H groups in total. The van der Waals surface area contributed by atoms with Crippen molar-refractivity contribution in [2.45, 2.75) is 13.0 Å². The summed E-state index contributed by atoms with van der Waals surface area (Å²) >= 11 is 0. The summed E-state index contributed by atoms with van der Waals surface area (Å²) in [6, 6.07) is 5.54. The van der Waals surface area contributed by atoms with E-state index in [9.17, 15) is 9.90 Å². The second kappa shape index (κ2) is 5.83. The monoisotopic (exact) mass is 288 g/mol. The van der Waals surface area contributed by atoms with Crippen molar-refractivity contribution in [2.75, 3.05) is 32.7 Å². The van der Waals surface area contributed by atoms with E-state index >= 15 is 0 Å². The highest BCUT2D eigenvalue weighted by molar-refractivity contribution is 5.97. The Hall–Kier alpha value is -1.92. The van der Waals surface area contributed by atoms with Gasteiger partial charge in [0, 0.05) is 38.3 Å². The molecule has 6 nitrogen and oxygen atoms in total. The van der Waals surface area contributed by atoms with Gasteiger partial charge < -0.3 is 15.0 Å². The number of imidazole rings is 1. The van der Waals surface area contributed by atoms with Crippen LogP contribution < -0.4 is 0 Å². The van der Waals surface area contributed by atoms with Gasteiger partial charge in [0.25, 0.3) is 5.91 Å². The third-order valence-electron chi connectivity index (χ3n) is 3.85. The van der Waals surface area contributed by atoms with Crippen molar-refractivity contribution in [1.29, 1.82) is 0 Å². The average Bonchev–Trinajstić information content (AvgIpc) is 2.94. The Bertz CT molecular complexity index is 629. The van der Waals surface area contributed by atoms with Crippen LogP contribution in [0.2, 0.25) is 0 Å². The first-order valence-electron chi connectivity index (χ1n) is 7.26. The predicted octanol–water partition coefficient (Wildman–Crippen LogP) is 0.701. The van der Waals surface area contributed by atoms with Crippen LogP contribution in [0.3, 0.4) is 0 Å². The zero-order chi connectivity index (χ0) is 14.8. The number of nitrogens with zero attached hydrogens (tertiary/aromatic N) is 3. The number of benzene rings is 1. The molecule has 0 unspecified atom stereocenters. The van der Waals surface area contributed by atoms with Crippen molar-refractivity contribution in [3.8, 4) is 0 Å². The molecule has 0 saturated carbocycles. The minimum Gasteiger partial charge on any atom is -0.392 e. The number of aliphatic hydroxyl groups excluding tert-OH is 1. The summed E-state index contributed by atoms with van der Waals surface area (Å²) in [5.74, 6) is 0.0585. The second-order valence-corrected chi connectivity index (χ2v) is 5.58. The highest BCUT2D eigenvalue weighted by atomic mass is 16.3. The van der Waals surface area contributed by atoms with E-state index in [1.54, 1.807) is 13.3 Å². The molecule has 1 aliphatic rings. The van der Waals surface area contributed by atoms with E-state index in [0.717, 1.165) is 24.1 Å². The topological polar surface area (TPSA) is 72.5 Å². The molecular formula is C15H20N4O2. The lowest BCUT2D eigenvalue weighted by Crippen LogP contribution is -2.50. The Labute approximate surface area is 123 Å². The van der Waals surface area contributed by atoms with E-state index < -0.39 is 0 Å². The summed E-state index contributed by atoms with van der Waals surface area (Å²) < 4.78 is 0. The standard InChI is InChI=1S/C15H20N4O2/c1-11(20)9-18-4-6-19(7-5-18)15(21)12-2-3-13-14(8-12)17-10-16-13/h2-3,8,10-11,20H,4-7,9H2,1H3,(H,16,17)/t11-/m0/s1. The van der Waals surface area contributed by atoms with Crippen LogP contribution in [0.25, 0.3) is 11.0 Å². The van der Waals surface area contributed by atoms with Gasteiger partial charge in [-0.2, -0.15) is 0 Å². The molecule has 1 aromatic heterocycles. The number of fused-ring (bicyclic) bond motifs is 1. The van der Waals surface area contributed by atoms with Crippen LogP contribution >= 0.6 is 0 Å². The summed E-state index contributed by atoms with van der Waals surface area (Å²) in [6.07, 6.45) is 1.31. The lowest BCUT2D eigenvalue weighted by Gasteiger charge is -2.35. The largest absolute Gasteiger partial charge is 0.392 e. The molecule has 0 radical (unpaired) electrons. The van der Waals surface area contributed by atoms with Crippen molar-refractivity contribution in [1.82, 2.24) is 19.8 Å². The number of piperazine rings is 1. The van der Waals surface area contributed by atoms with Gasteiger partial charge in [-0.1, -0.05) is 0 Å². The second-order valence-electron chi connectivity index (χ2n) is 5.58. The normalized spacial score (nSPS) is 18.1. The number of hydrogen-bond donors (Lipinski definition) is 2. The molecule has 1 aromatic carbocycles. The minimum absolute atomic E-state index is 0.0585. The van der Waals surface area contributed by atoms with Gasteiger partial charge in [-0.25, -0.2) is 4.98 Å². The zero-order valence-corrected chi connectivity index (χ0v) is 12.1. The number of aromatic amines is 1. The number of aromatic nitrogens is 2. The highest BCUT2D eigenvalue weighted by Gasteiger charge is 2.22. The Morgan fingerprint density at radius 3 is 2.86 bits per heavy atom. The van der Waals surface area contributed by atoms with E-state index in [1.807, 2.05) is 23.1 Å². The van der Waals surface area contributed by atoms with Crippen molar-refractivity contribution >= 4 is 16.9 Å². The predicted molar refractivity (Wildman–Crippen MR) is 80.1 cm³/mol. The fraction of sp³-hybridized carbons (Fsp3) is 0.467. The molecule has 1 atom stereocenters. The first kappa shape index (κ1) is 14.0. The molecule has 1 saturated heterocycles. The van der Waals surface area contributed by atoms with Gasteiger partial charge in [-0.05, 0) is 25.1 Å². The maximum Gasteiger partial charge on any atom is 0.254 e. The molecular weight excluding hydrogens is 268 g/mol. The number of aliphatic hydroxyl groups is 1. The number of carbonyl (C=O) groups is 1. The van der Waals surface area contributed by atoms with Gasteiger partial charge in [0.1, 0.15) is 0 Å². The van der Waals surface area contributed by atoms with Crippen LogP contribution in [0.5, 0.6) is 0 Å². The van der Waals surface area contributed by atoms with Crippen LogP contribution in [-0.4, -0.2) is 69.6 Å². The van der Waals surface area contributed by atoms with E-state index in [4.69, 9.17) is 0 Å². The fourth-order valence-electron chi connectivity index (χ4n) is 2.76. The summed E-state index contributed by atoms with van der Waals surface area (Å²) in [4.78, 5) is 23.8. The molecule has 112 valence electrons. The Morgan fingerprint density at radius 2 is 2.14 bits per heavy atom. The Morgan fingerprint density at radius 1 is 1.38 bits per heavy atom. The van der Waals surface area contributed by atoms with E-state index in [-0.39, 0.29) is 12.0 Å². The maximum atomic E-state index is 12.5. The van der Waals surface area contributed by atoms with Gasteiger partial charge in [-0.15, -0.1) is 0 Å². The molecule has 1 amide bonds. The quantitative estimate of drug-likeness (QED) is 0.872.